The number of halogens is 1. The van der Waals surface area contributed by atoms with Crippen LogP contribution in [0.25, 0.3) is 0 Å². The van der Waals surface area contributed by atoms with Gasteiger partial charge in [0.05, 0.1) is 26.4 Å². The van der Waals surface area contributed by atoms with Crippen molar-refractivity contribution in [2.75, 3.05) is 26.7 Å². The molecule has 0 bridgehead atoms. The fourth-order valence-corrected chi connectivity index (χ4v) is 3.82. The number of ether oxygens (including phenoxy) is 2. The Hall–Kier alpha value is -3.23. The van der Waals surface area contributed by atoms with E-state index < -0.39 is 0 Å². The van der Waals surface area contributed by atoms with Gasteiger partial charge in [-0.2, -0.15) is 5.10 Å². The minimum Gasteiger partial charge on any atom is -0.497 e. The van der Waals surface area contributed by atoms with E-state index in [0.29, 0.717) is 31.7 Å². The third-order valence-electron chi connectivity index (χ3n) is 5.51. The van der Waals surface area contributed by atoms with Gasteiger partial charge in [-0.1, -0.05) is 30.3 Å². The largest absolute Gasteiger partial charge is 0.497 e. The van der Waals surface area contributed by atoms with Gasteiger partial charge in [0, 0.05) is 43.6 Å². The van der Waals surface area contributed by atoms with Crippen LogP contribution in [-0.2, 0) is 29.2 Å². The lowest BCUT2D eigenvalue weighted by Crippen LogP contribution is -2.37. The molecule has 1 aliphatic heterocycles. The molecular formula is C24H27FN4O3. The van der Waals surface area contributed by atoms with E-state index in [9.17, 15) is 9.18 Å². The van der Waals surface area contributed by atoms with Crippen LogP contribution >= 0.6 is 0 Å². The van der Waals surface area contributed by atoms with Gasteiger partial charge in [-0.15, -0.1) is 0 Å². The molecule has 1 aromatic heterocycles. The summed E-state index contributed by atoms with van der Waals surface area (Å²) in [6, 6.07) is 16.2. The lowest BCUT2D eigenvalue weighted by Gasteiger charge is -2.25. The topological polar surface area (TPSA) is 70.7 Å². The molecule has 168 valence electrons. The van der Waals surface area contributed by atoms with Crippen molar-refractivity contribution in [3.8, 4) is 5.75 Å². The van der Waals surface area contributed by atoms with Crippen LogP contribution in [-0.4, -0.2) is 58.8 Å². The van der Waals surface area contributed by atoms with Crippen molar-refractivity contribution in [2.24, 2.45) is 0 Å². The summed E-state index contributed by atoms with van der Waals surface area (Å²) in [4.78, 5) is 16.9. The number of hydrogen-bond donors (Lipinski definition) is 1. The molecular weight excluding hydrogens is 411 g/mol. The van der Waals surface area contributed by atoms with Crippen molar-refractivity contribution in [2.45, 2.75) is 25.8 Å². The highest BCUT2D eigenvalue weighted by molar-refractivity contribution is 5.78. The van der Waals surface area contributed by atoms with Crippen molar-refractivity contribution in [1.29, 1.82) is 0 Å². The highest BCUT2D eigenvalue weighted by Crippen LogP contribution is 2.18. The number of benzene rings is 2. The van der Waals surface area contributed by atoms with Gasteiger partial charge >= 0.3 is 0 Å². The first-order chi connectivity index (χ1) is 15.6. The van der Waals surface area contributed by atoms with Crippen LogP contribution in [0.1, 0.15) is 16.8 Å². The van der Waals surface area contributed by atoms with Gasteiger partial charge in [0.1, 0.15) is 11.6 Å². The van der Waals surface area contributed by atoms with Crippen molar-refractivity contribution in [3.63, 3.8) is 0 Å². The number of nitrogens with one attached hydrogen (secondary N) is 1. The molecule has 0 unspecified atom stereocenters. The minimum absolute atomic E-state index is 0.0253. The quantitative estimate of drug-likeness (QED) is 0.586. The normalized spacial score (nSPS) is 17.4. The van der Waals surface area contributed by atoms with Crippen molar-refractivity contribution < 1.29 is 18.7 Å². The number of rotatable bonds is 8. The molecule has 3 aromatic rings. The molecule has 1 aliphatic rings. The van der Waals surface area contributed by atoms with Crippen LogP contribution in [0, 0.1) is 5.82 Å². The molecule has 7 nitrogen and oxygen atoms in total. The van der Waals surface area contributed by atoms with Crippen molar-refractivity contribution >= 4 is 5.91 Å². The van der Waals surface area contributed by atoms with Gasteiger partial charge in [-0.05, 0) is 29.8 Å². The molecule has 0 aliphatic carbocycles. The van der Waals surface area contributed by atoms with Gasteiger partial charge in [-0.25, -0.2) is 4.39 Å². The van der Waals surface area contributed by atoms with E-state index in [1.165, 1.54) is 6.07 Å². The molecule has 1 atom stereocenters. The molecule has 4 rings (SSSR count). The van der Waals surface area contributed by atoms with Crippen LogP contribution in [0.5, 0.6) is 5.75 Å². The Bertz CT molecular complexity index is 1010. The summed E-state index contributed by atoms with van der Waals surface area (Å²) >= 11 is 0. The van der Waals surface area contributed by atoms with E-state index in [2.05, 4.69) is 10.2 Å². The summed E-state index contributed by atoms with van der Waals surface area (Å²) in [5.74, 6) is 0.506. The Morgan fingerprint density at radius 2 is 1.91 bits per heavy atom. The first-order valence-electron chi connectivity index (χ1n) is 10.6. The zero-order valence-corrected chi connectivity index (χ0v) is 18.0. The van der Waals surface area contributed by atoms with Crippen LogP contribution in [0.2, 0.25) is 0 Å². The molecule has 8 heteroatoms. The van der Waals surface area contributed by atoms with E-state index in [0.717, 1.165) is 17.0 Å². The average molecular weight is 439 g/mol. The van der Waals surface area contributed by atoms with E-state index in [1.54, 1.807) is 36.4 Å². The first-order valence-corrected chi connectivity index (χ1v) is 10.6. The van der Waals surface area contributed by atoms with Crippen molar-refractivity contribution in [1.82, 2.24) is 20.0 Å². The number of H-pyrrole nitrogens is 1. The zero-order valence-electron chi connectivity index (χ0n) is 18.0. The second-order valence-corrected chi connectivity index (χ2v) is 7.90. The van der Waals surface area contributed by atoms with Gasteiger partial charge in [0.2, 0.25) is 5.91 Å². The highest BCUT2D eigenvalue weighted by Gasteiger charge is 2.29. The monoisotopic (exact) mass is 438 g/mol. The summed E-state index contributed by atoms with van der Waals surface area (Å²) < 4.78 is 25.4. The molecule has 1 N–H and O–H groups in total. The standard InChI is InChI=1S/C24H27FN4O3/c1-31-21-8-6-18(7-9-21)12-29-15-22(32-17-19-4-2-3-5-23(19)25)14-28(16-24(29)30)13-20-10-11-26-27-20/h2-11,22H,12-17H2,1H3,(H,26,27)/t22-/m0/s1. The molecule has 0 radical (unpaired) electrons. The number of amides is 1. The number of carbonyl (C=O) groups is 1. The Balaban J connectivity index is 1.48. The first kappa shape index (κ1) is 22.0. The van der Waals surface area contributed by atoms with E-state index >= 15 is 0 Å². The SMILES string of the molecule is COc1ccc(CN2C[C@@H](OCc3ccccc3F)CN(Cc3ccn[nH]3)CC2=O)cc1. The second kappa shape index (κ2) is 10.4. The second-order valence-electron chi connectivity index (χ2n) is 7.90. The number of aromatic nitrogens is 2. The predicted octanol–water partition coefficient (Wildman–Crippen LogP) is 2.99. The minimum atomic E-state index is -0.290. The number of hydrogen-bond acceptors (Lipinski definition) is 5. The molecule has 2 aromatic carbocycles. The Morgan fingerprint density at radius 3 is 2.62 bits per heavy atom. The lowest BCUT2D eigenvalue weighted by molar-refractivity contribution is -0.132. The van der Waals surface area contributed by atoms with Gasteiger partial charge in [0.15, 0.2) is 0 Å². The molecule has 2 heterocycles. The number of nitrogens with zero attached hydrogens (tertiary/aromatic N) is 3. The summed E-state index contributed by atoms with van der Waals surface area (Å²) in [5.41, 5.74) is 2.44. The zero-order chi connectivity index (χ0) is 22.3. The molecule has 0 spiro atoms. The Labute approximate surface area is 186 Å². The number of carbonyl (C=O) groups excluding carboxylic acids is 1. The van der Waals surface area contributed by atoms with Crippen LogP contribution in [0.3, 0.4) is 0 Å². The maximum Gasteiger partial charge on any atom is 0.237 e. The van der Waals surface area contributed by atoms with Gasteiger partial charge in [0.25, 0.3) is 0 Å². The molecule has 0 saturated carbocycles. The summed E-state index contributed by atoms with van der Waals surface area (Å²) in [6.45, 7) is 2.44. The van der Waals surface area contributed by atoms with Gasteiger partial charge < -0.3 is 14.4 Å². The number of methoxy groups -OCH3 is 1. The fraction of sp³-hybridized carbons (Fsp3) is 0.333. The summed E-state index contributed by atoms with van der Waals surface area (Å²) in [7, 11) is 1.62. The Morgan fingerprint density at radius 1 is 1.09 bits per heavy atom. The summed E-state index contributed by atoms with van der Waals surface area (Å²) in [6.07, 6.45) is 1.43. The third kappa shape index (κ3) is 5.72. The number of aromatic amines is 1. The average Bonchev–Trinajstić information content (AvgIpc) is 3.26. The summed E-state index contributed by atoms with van der Waals surface area (Å²) in [5, 5.41) is 6.93. The van der Waals surface area contributed by atoms with Crippen molar-refractivity contribution in [3.05, 3.63) is 83.4 Å². The lowest BCUT2D eigenvalue weighted by atomic mass is 10.2. The molecule has 1 amide bonds. The maximum atomic E-state index is 14.1. The maximum absolute atomic E-state index is 14.1. The van der Waals surface area contributed by atoms with E-state index in [1.807, 2.05) is 35.2 Å². The molecule has 1 saturated heterocycles. The highest BCUT2D eigenvalue weighted by atomic mass is 19.1. The fourth-order valence-electron chi connectivity index (χ4n) is 3.82. The third-order valence-corrected chi connectivity index (χ3v) is 5.51. The van der Waals surface area contributed by atoms with Gasteiger partial charge in [-0.3, -0.25) is 14.8 Å². The van der Waals surface area contributed by atoms with Crippen LogP contribution in [0.4, 0.5) is 4.39 Å². The van der Waals surface area contributed by atoms with Crippen LogP contribution in [0.15, 0.2) is 60.8 Å². The smallest absolute Gasteiger partial charge is 0.237 e. The predicted molar refractivity (Wildman–Crippen MR) is 117 cm³/mol. The molecule has 1 fully saturated rings. The van der Waals surface area contributed by atoms with E-state index in [-0.39, 0.29) is 31.0 Å². The Kier molecular flexibility index (Phi) is 7.14. The van der Waals surface area contributed by atoms with E-state index in [4.69, 9.17) is 9.47 Å². The molecule has 32 heavy (non-hydrogen) atoms. The van der Waals surface area contributed by atoms with Crippen LogP contribution < -0.4 is 4.74 Å².